The number of rotatable bonds is 27. The van der Waals surface area contributed by atoms with E-state index >= 15 is 0 Å². The predicted molar refractivity (Wildman–Crippen MR) is 395 cm³/mol. The Labute approximate surface area is 621 Å². The molecular weight excluding hydrogens is 1410 g/mol. The number of carboxylic acid groups (broad SMARTS) is 1. The molecule has 4 saturated heterocycles. The molecule has 4 atom stereocenters. The summed E-state index contributed by atoms with van der Waals surface area (Å²) in [4.78, 5) is 146. The molecule has 12 rings (SSSR count). The van der Waals surface area contributed by atoms with E-state index in [1.54, 1.807) is 52.4 Å². The van der Waals surface area contributed by atoms with Crippen LogP contribution in [-0.2, 0) is 87.2 Å². The van der Waals surface area contributed by atoms with Crippen LogP contribution in [0.5, 0.6) is 0 Å². The van der Waals surface area contributed by atoms with Crippen LogP contribution in [0.2, 0.25) is 0 Å². The number of piperidine rings is 4. The Hall–Kier alpha value is -10.4. The van der Waals surface area contributed by atoms with E-state index in [0.29, 0.717) is 99.0 Å². The van der Waals surface area contributed by atoms with Gasteiger partial charge >= 0.3 is 5.97 Å². The molecule has 568 valence electrons. The van der Waals surface area contributed by atoms with E-state index in [0.717, 1.165) is 136 Å². The fourth-order valence-corrected chi connectivity index (χ4v) is 15.6. The lowest BCUT2D eigenvalue weighted by Crippen LogP contribution is -2.52. The summed E-state index contributed by atoms with van der Waals surface area (Å²) in [5.74, 6) is -2.59. The maximum atomic E-state index is 13.1. The molecule has 9 amide bonds. The Balaban J connectivity index is 0.000000190. The number of amides is 9. The number of carbonyl (C=O) groups excluding carboxylic acids is 9. The molecule has 10 N–H and O–H groups in total. The zero-order valence-corrected chi connectivity index (χ0v) is 61.8. The van der Waals surface area contributed by atoms with Gasteiger partial charge in [-0.25, -0.2) is 36.8 Å². The van der Waals surface area contributed by atoms with Crippen LogP contribution in [0.25, 0.3) is 0 Å². The number of hydrogen-bond donors (Lipinski definition) is 7. The smallest absolute Gasteiger partial charge is 0.303 e. The number of fused-ring (bicyclic) bond motifs is 2. The molecule has 2 aromatic heterocycles. The largest absolute Gasteiger partial charge is 0.481 e. The molecule has 6 aromatic rings. The number of carbonyl (C=O) groups is 10. The molecule has 4 fully saturated rings. The number of nitrogens with two attached hydrogens (primary N) is 3. The number of aryl methyl sites for hydroxylation is 2. The first kappa shape index (κ1) is 79.2. The van der Waals surface area contributed by atoms with Crippen LogP contribution in [0.4, 0.5) is 11.6 Å². The number of carboxylic acids is 1. The quantitative estimate of drug-likeness (QED) is 0.0259. The summed E-state index contributed by atoms with van der Waals surface area (Å²) in [5.41, 5.74) is 25.1. The first-order valence-electron chi connectivity index (χ1n) is 36.2. The molecular formula is C76H92N14O15S2. The van der Waals surface area contributed by atoms with Crippen LogP contribution in [0.15, 0.2) is 107 Å². The molecule has 107 heavy (non-hydrogen) atoms. The summed E-state index contributed by atoms with van der Waals surface area (Å²) >= 11 is 0. The minimum Gasteiger partial charge on any atom is -0.481 e. The highest BCUT2D eigenvalue weighted by Gasteiger charge is 2.42. The number of sulfone groups is 2. The Morgan fingerprint density at radius 1 is 0.551 bits per heavy atom. The minimum atomic E-state index is -3.34. The Morgan fingerprint density at radius 2 is 0.981 bits per heavy atom. The molecule has 0 spiro atoms. The molecule has 0 radical (unpaired) electrons. The van der Waals surface area contributed by atoms with Crippen LogP contribution in [0, 0.1) is 0 Å². The second kappa shape index (κ2) is 35.8. The van der Waals surface area contributed by atoms with Gasteiger partial charge < -0.3 is 47.2 Å². The zero-order chi connectivity index (χ0) is 76.7. The van der Waals surface area contributed by atoms with E-state index in [-0.39, 0.29) is 88.5 Å². The first-order valence-corrected chi connectivity index (χ1v) is 40.0. The number of unbranched alkanes of at least 4 members (excludes halogenated alkanes) is 6. The van der Waals surface area contributed by atoms with Crippen molar-refractivity contribution in [2.75, 3.05) is 48.5 Å². The molecule has 4 aromatic carbocycles. The summed E-state index contributed by atoms with van der Waals surface area (Å²) in [6, 6.07) is 23.0. The third kappa shape index (κ3) is 21.0. The number of imide groups is 2. The zero-order valence-electron chi connectivity index (χ0n) is 60.1. The topological polar surface area (TPSA) is 438 Å². The number of anilines is 2. The molecule has 6 aliphatic rings. The molecule has 8 heterocycles. The van der Waals surface area contributed by atoms with E-state index in [9.17, 15) is 64.8 Å². The van der Waals surface area contributed by atoms with Crippen LogP contribution in [0.1, 0.15) is 202 Å². The average molecular weight is 1510 g/mol. The van der Waals surface area contributed by atoms with E-state index in [4.69, 9.17) is 27.3 Å². The lowest BCUT2D eigenvalue weighted by atomic mass is 9.98. The second-order valence-electron chi connectivity index (χ2n) is 28.1. The van der Waals surface area contributed by atoms with Gasteiger partial charge in [0.05, 0.1) is 33.6 Å². The van der Waals surface area contributed by atoms with Gasteiger partial charge in [0.1, 0.15) is 35.1 Å². The van der Waals surface area contributed by atoms with Gasteiger partial charge in [0, 0.05) is 114 Å². The summed E-state index contributed by atoms with van der Waals surface area (Å²) in [6.07, 6.45) is 19.9. The average Bonchev–Trinajstić information content (AvgIpc) is 1.63. The molecule has 31 heteroatoms. The van der Waals surface area contributed by atoms with E-state index in [1.807, 2.05) is 29.2 Å². The van der Waals surface area contributed by atoms with Crippen molar-refractivity contribution in [1.29, 1.82) is 0 Å². The maximum Gasteiger partial charge on any atom is 0.303 e. The van der Waals surface area contributed by atoms with Gasteiger partial charge in [-0.15, -0.1) is 0 Å². The number of aliphatic carboxylic acids is 1. The highest BCUT2D eigenvalue weighted by molar-refractivity contribution is 7.91. The third-order valence-corrected chi connectivity index (χ3v) is 22.3. The number of nitrogens with one attached hydrogen (secondary N) is 3. The number of nitrogens with zero attached hydrogens (tertiary/aromatic N) is 8. The van der Waals surface area contributed by atoms with Gasteiger partial charge in [0.2, 0.25) is 29.5 Å². The van der Waals surface area contributed by atoms with Crippen molar-refractivity contribution in [2.24, 2.45) is 17.2 Å². The predicted octanol–water partition coefficient (Wildman–Crippen LogP) is 5.13. The fraction of sp³-hybridized carbons (Fsp3) is 0.447. The van der Waals surface area contributed by atoms with Crippen LogP contribution < -0.4 is 43.0 Å². The van der Waals surface area contributed by atoms with Gasteiger partial charge in [0.15, 0.2) is 19.7 Å². The molecule has 6 aliphatic heterocycles. The molecule has 4 unspecified atom stereocenters. The van der Waals surface area contributed by atoms with Gasteiger partial charge in [-0.2, -0.15) is 0 Å². The molecule has 0 aliphatic carbocycles. The number of primary amides is 2. The molecule has 0 bridgehead atoms. The van der Waals surface area contributed by atoms with Crippen LogP contribution >= 0.6 is 0 Å². The minimum absolute atomic E-state index is 0.00169. The van der Waals surface area contributed by atoms with E-state index < -0.39 is 61.4 Å². The van der Waals surface area contributed by atoms with Gasteiger partial charge in [-0.1, -0.05) is 74.2 Å². The fourth-order valence-electron chi connectivity index (χ4n) is 14.4. The highest BCUT2D eigenvalue weighted by Crippen LogP contribution is 2.33. The lowest BCUT2D eigenvalue weighted by Gasteiger charge is -2.34. The SMILES string of the molecule is CS(=O)(=O)c1ccc(Cc2nc(N3CCCC(N)C3)cnc2C(N)=O)cc1.CS(=O)(=O)c1ccc(Cc2nc(N3CCCC(NC(=O)CCCCCCc4cccc5c4CN(C4CCC(=O)NC4=O)C5=O)C3)cnc2C(N)=O)cc1.O=C(O)CCCCCCc1cccc2c1CN(C1CCC(=O)NC1=O)C2=O. The molecule has 29 nitrogen and oxygen atoms in total. The van der Waals surface area contributed by atoms with E-state index in [2.05, 4.69) is 35.8 Å². The van der Waals surface area contributed by atoms with Crippen molar-refractivity contribution in [3.8, 4) is 0 Å². The van der Waals surface area contributed by atoms with Crippen molar-refractivity contribution in [3.05, 3.63) is 165 Å². The van der Waals surface area contributed by atoms with Crippen LogP contribution in [0.3, 0.4) is 0 Å². The van der Waals surface area contributed by atoms with Crippen molar-refractivity contribution in [3.63, 3.8) is 0 Å². The van der Waals surface area contributed by atoms with Gasteiger partial charge in [0.25, 0.3) is 23.6 Å². The van der Waals surface area contributed by atoms with Gasteiger partial charge in [-0.05, 0) is 147 Å². The van der Waals surface area contributed by atoms with Crippen LogP contribution in [-0.4, -0.2) is 174 Å². The van der Waals surface area contributed by atoms with Crippen molar-refractivity contribution < 1.29 is 69.9 Å². The van der Waals surface area contributed by atoms with Gasteiger partial charge in [-0.3, -0.25) is 58.6 Å². The normalized spacial score (nSPS) is 18.6. The van der Waals surface area contributed by atoms with E-state index in [1.165, 1.54) is 30.5 Å². The number of hydrogen-bond acceptors (Lipinski definition) is 21. The maximum absolute atomic E-state index is 13.1. The Morgan fingerprint density at radius 3 is 1.40 bits per heavy atom. The number of benzene rings is 4. The first-order chi connectivity index (χ1) is 51.1. The standard InChI is InChI=1S/C38H45N7O7S.C20H24N2O5.C18H23N5O3S/c1-53(51,52)27-15-13-24(14-16-27)20-30-35(36(39)48)40-21-32(42-30)44-19-7-10-26(22-44)41-33(46)12-5-3-2-4-8-25-9-6-11-28-29(25)23-45(38(28)50)31-17-18-34(47)43-37(31)49;23-17-11-10-16(19(26)21-17)22-12-15-13(7-5-8-14(15)20(22)27)6-3-1-2-4-9-18(24)25;1-27(25,26)14-6-4-12(5-7-14)9-15-17(18(20)24)21-10-16(22-15)23-8-2-3-13(19)11-23/h6,9,11,13-16,21,26,31H,2-5,7-8,10,12,17-20,22-23H2,1H3,(H2,39,48)(H,41,46)(H,43,47,49);5,7-8,16H,1-4,6,9-12H2,(H,24,25)(H,21,23,26);4-7,10,13H,2-3,8-9,11,19H2,1H3,(H2,20,24). The highest BCUT2D eigenvalue weighted by atomic mass is 32.2. The number of aromatic nitrogens is 4. The lowest BCUT2D eigenvalue weighted by molar-refractivity contribution is -0.138. The Kier molecular flexibility index (Phi) is 26.5. The second-order valence-corrected chi connectivity index (χ2v) is 32.1. The summed E-state index contributed by atoms with van der Waals surface area (Å²) in [5, 5.41) is 16.5. The monoisotopic (exact) mass is 1500 g/mol. The molecule has 0 saturated carbocycles. The van der Waals surface area contributed by atoms with Crippen molar-refractivity contribution in [2.45, 2.75) is 188 Å². The summed E-state index contributed by atoms with van der Waals surface area (Å²) in [7, 11) is -6.60. The third-order valence-electron chi connectivity index (χ3n) is 20.0. The van der Waals surface area contributed by atoms with Crippen molar-refractivity contribution >= 4 is 90.4 Å². The summed E-state index contributed by atoms with van der Waals surface area (Å²) < 4.78 is 46.9. The Bertz CT molecular complexity index is 4600. The van der Waals surface area contributed by atoms with Crippen molar-refractivity contribution in [1.82, 2.24) is 45.7 Å². The summed E-state index contributed by atoms with van der Waals surface area (Å²) in [6.45, 7) is 3.55.